The van der Waals surface area contributed by atoms with Gasteiger partial charge in [-0.15, -0.1) is 0 Å². The van der Waals surface area contributed by atoms with Gasteiger partial charge in [-0.05, 0) is 19.3 Å². The summed E-state index contributed by atoms with van der Waals surface area (Å²) in [6.07, 6.45) is 0.875. The average Bonchev–Trinajstić information content (AvgIpc) is 2.26. The maximum absolute atomic E-state index is 13.7. The zero-order valence-electron chi connectivity index (χ0n) is 10.9. The largest absolute Gasteiger partial charge is 0.374 e. The molecular formula is C13H18FNO3. The molecule has 0 fully saturated rings. The summed E-state index contributed by atoms with van der Waals surface area (Å²) < 4.78 is 19.2. The fraction of sp³-hybridized carbons (Fsp3) is 0.538. The summed E-state index contributed by atoms with van der Waals surface area (Å²) in [7, 11) is 0. The number of ether oxygens (including phenoxy) is 1. The van der Waals surface area contributed by atoms with Crippen molar-refractivity contribution in [1.82, 2.24) is 0 Å². The summed E-state index contributed by atoms with van der Waals surface area (Å²) in [5, 5.41) is 10.6. The lowest BCUT2D eigenvalue weighted by atomic mass is 10.1. The summed E-state index contributed by atoms with van der Waals surface area (Å²) in [6.45, 7) is 6.12. The third-order valence-electron chi connectivity index (χ3n) is 2.58. The van der Waals surface area contributed by atoms with Crippen LogP contribution in [0.1, 0.15) is 32.8 Å². The van der Waals surface area contributed by atoms with E-state index in [1.165, 1.54) is 12.1 Å². The first kappa shape index (κ1) is 14.6. The molecule has 0 saturated carbocycles. The summed E-state index contributed by atoms with van der Waals surface area (Å²) in [5.41, 5.74) is -0.285. The van der Waals surface area contributed by atoms with Crippen LogP contribution >= 0.6 is 0 Å². The number of nitro groups is 1. The van der Waals surface area contributed by atoms with Gasteiger partial charge in [0.2, 0.25) is 5.82 Å². The minimum atomic E-state index is -0.806. The van der Waals surface area contributed by atoms with Crippen molar-refractivity contribution >= 4 is 5.69 Å². The lowest BCUT2D eigenvalue weighted by molar-refractivity contribution is -0.387. The van der Waals surface area contributed by atoms with Crippen LogP contribution < -0.4 is 0 Å². The highest BCUT2D eigenvalue weighted by Crippen LogP contribution is 2.21. The molecule has 1 rings (SSSR count). The Morgan fingerprint density at radius 3 is 2.61 bits per heavy atom. The third kappa shape index (κ3) is 4.07. The molecule has 1 atom stereocenters. The van der Waals surface area contributed by atoms with E-state index < -0.39 is 16.4 Å². The molecule has 0 saturated heterocycles. The smallest absolute Gasteiger partial charge is 0.305 e. The number of nitro benzene ring substituents is 1. The minimum Gasteiger partial charge on any atom is -0.374 e. The summed E-state index contributed by atoms with van der Waals surface area (Å²) in [6, 6.07) is 4.12. The number of nitrogens with zero attached hydrogens (tertiary/aromatic N) is 1. The minimum absolute atomic E-state index is 0.00339. The highest BCUT2D eigenvalue weighted by molar-refractivity contribution is 5.36. The standard InChI is InChI=1S/C13H18FNO3/c1-9(2)7-10(3)18-8-11-5-4-6-12(13(11)14)15(16)17/h4-6,9-10H,7-8H2,1-3H3. The van der Waals surface area contributed by atoms with Gasteiger partial charge in [-0.1, -0.05) is 26.0 Å². The quantitative estimate of drug-likeness (QED) is 0.575. The molecule has 0 spiro atoms. The molecule has 0 amide bonds. The first-order valence-electron chi connectivity index (χ1n) is 5.95. The number of benzene rings is 1. The molecule has 1 aromatic carbocycles. The Bertz CT molecular complexity index is 421. The van der Waals surface area contributed by atoms with Crippen molar-refractivity contribution in [3.05, 3.63) is 39.7 Å². The zero-order chi connectivity index (χ0) is 13.7. The number of hydrogen-bond donors (Lipinski definition) is 0. The second-order valence-corrected chi connectivity index (χ2v) is 4.76. The number of rotatable bonds is 6. The Labute approximate surface area is 106 Å². The molecular weight excluding hydrogens is 237 g/mol. The van der Waals surface area contributed by atoms with Crippen molar-refractivity contribution in [3.8, 4) is 0 Å². The summed E-state index contributed by atoms with van der Waals surface area (Å²) >= 11 is 0. The van der Waals surface area contributed by atoms with Gasteiger partial charge in [-0.3, -0.25) is 10.1 Å². The van der Waals surface area contributed by atoms with Gasteiger partial charge in [-0.2, -0.15) is 4.39 Å². The van der Waals surface area contributed by atoms with Crippen LogP contribution in [0.4, 0.5) is 10.1 Å². The van der Waals surface area contributed by atoms with Crippen LogP contribution in [0, 0.1) is 21.8 Å². The molecule has 1 unspecified atom stereocenters. The highest BCUT2D eigenvalue weighted by Gasteiger charge is 2.17. The molecule has 0 bridgehead atoms. The van der Waals surface area contributed by atoms with E-state index in [-0.39, 0.29) is 18.3 Å². The molecule has 1 aromatic rings. The first-order chi connectivity index (χ1) is 8.41. The van der Waals surface area contributed by atoms with Crippen LogP contribution in [0.2, 0.25) is 0 Å². The predicted molar refractivity (Wildman–Crippen MR) is 66.8 cm³/mol. The molecule has 0 aliphatic rings. The van der Waals surface area contributed by atoms with Gasteiger partial charge in [0.25, 0.3) is 0 Å². The van der Waals surface area contributed by atoms with Crippen LogP contribution in [-0.4, -0.2) is 11.0 Å². The Hall–Kier alpha value is -1.49. The lowest BCUT2D eigenvalue weighted by Crippen LogP contribution is -2.12. The molecule has 0 aromatic heterocycles. The van der Waals surface area contributed by atoms with Crippen molar-refractivity contribution in [2.24, 2.45) is 5.92 Å². The topological polar surface area (TPSA) is 52.4 Å². The zero-order valence-corrected chi connectivity index (χ0v) is 10.9. The predicted octanol–water partition coefficient (Wildman–Crippen LogP) is 3.69. The van der Waals surface area contributed by atoms with E-state index in [2.05, 4.69) is 13.8 Å². The van der Waals surface area contributed by atoms with Crippen molar-refractivity contribution < 1.29 is 14.1 Å². The fourth-order valence-corrected chi connectivity index (χ4v) is 1.78. The fourth-order valence-electron chi connectivity index (χ4n) is 1.78. The molecule has 0 radical (unpaired) electrons. The highest BCUT2D eigenvalue weighted by atomic mass is 19.1. The van der Waals surface area contributed by atoms with E-state index in [0.29, 0.717) is 5.92 Å². The third-order valence-corrected chi connectivity index (χ3v) is 2.58. The van der Waals surface area contributed by atoms with E-state index in [4.69, 9.17) is 4.74 Å². The molecule has 0 aliphatic heterocycles. The van der Waals surface area contributed by atoms with Gasteiger partial charge in [-0.25, -0.2) is 0 Å². The Balaban J connectivity index is 2.68. The second-order valence-electron chi connectivity index (χ2n) is 4.76. The molecule has 18 heavy (non-hydrogen) atoms. The SMILES string of the molecule is CC(C)CC(C)OCc1cccc([N+](=O)[O-])c1F. The maximum Gasteiger partial charge on any atom is 0.305 e. The number of hydrogen-bond acceptors (Lipinski definition) is 3. The van der Waals surface area contributed by atoms with E-state index in [1.54, 1.807) is 0 Å². The van der Waals surface area contributed by atoms with Gasteiger partial charge in [0.15, 0.2) is 0 Å². The van der Waals surface area contributed by atoms with Gasteiger partial charge >= 0.3 is 5.69 Å². The van der Waals surface area contributed by atoms with Crippen molar-refractivity contribution in [2.45, 2.75) is 39.9 Å². The molecule has 0 aliphatic carbocycles. The Morgan fingerprint density at radius 1 is 1.39 bits per heavy atom. The van der Waals surface area contributed by atoms with Crippen LogP contribution in [-0.2, 0) is 11.3 Å². The average molecular weight is 255 g/mol. The van der Waals surface area contributed by atoms with E-state index in [1.807, 2.05) is 6.92 Å². The molecule has 4 nitrogen and oxygen atoms in total. The van der Waals surface area contributed by atoms with Crippen LogP contribution in [0.15, 0.2) is 18.2 Å². The van der Waals surface area contributed by atoms with Crippen molar-refractivity contribution in [1.29, 1.82) is 0 Å². The van der Waals surface area contributed by atoms with Gasteiger partial charge < -0.3 is 4.74 Å². The van der Waals surface area contributed by atoms with Gasteiger partial charge in [0.05, 0.1) is 17.6 Å². The normalized spacial score (nSPS) is 12.7. The summed E-state index contributed by atoms with van der Waals surface area (Å²) in [5.74, 6) is -0.311. The van der Waals surface area contributed by atoms with Gasteiger partial charge in [0, 0.05) is 11.6 Å². The van der Waals surface area contributed by atoms with Gasteiger partial charge in [0.1, 0.15) is 0 Å². The lowest BCUT2D eigenvalue weighted by Gasteiger charge is -2.15. The van der Waals surface area contributed by atoms with Crippen LogP contribution in [0.5, 0.6) is 0 Å². The molecule has 100 valence electrons. The second kappa shape index (κ2) is 6.44. The monoisotopic (exact) mass is 255 g/mol. The van der Waals surface area contributed by atoms with E-state index in [0.717, 1.165) is 12.5 Å². The Kier molecular flexibility index (Phi) is 5.22. The first-order valence-corrected chi connectivity index (χ1v) is 5.95. The van der Waals surface area contributed by atoms with Crippen molar-refractivity contribution in [2.75, 3.05) is 0 Å². The molecule has 5 heteroatoms. The maximum atomic E-state index is 13.7. The summed E-state index contributed by atoms with van der Waals surface area (Å²) in [4.78, 5) is 9.86. The van der Waals surface area contributed by atoms with Crippen molar-refractivity contribution in [3.63, 3.8) is 0 Å². The molecule has 0 N–H and O–H groups in total. The van der Waals surface area contributed by atoms with E-state index >= 15 is 0 Å². The Morgan fingerprint density at radius 2 is 2.06 bits per heavy atom. The number of halogens is 1. The van der Waals surface area contributed by atoms with E-state index in [9.17, 15) is 14.5 Å². The van der Waals surface area contributed by atoms with Crippen LogP contribution in [0.3, 0.4) is 0 Å². The van der Waals surface area contributed by atoms with Crippen LogP contribution in [0.25, 0.3) is 0 Å². The molecule has 0 heterocycles.